The first kappa shape index (κ1) is 58.2. The van der Waals surface area contributed by atoms with E-state index in [9.17, 15) is 29.7 Å². The summed E-state index contributed by atoms with van der Waals surface area (Å²) >= 11 is 36.3. The number of rotatable bonds is 18. The van der Waals surface area contributed by atoms with Crippen LogP contribution in [0.3, 0.4) is 0 Å². The molecule has 0 aliphatic heterocycles. The fourth-order valence-corrected chi connectivity index (χ4v) is 8.75. The molecule has 3 atom stereocenters. The van der Waals surface area contributed by atoms with Crippen molar-refractivity contribution in [3.05, 3.63) is 211 Å². The zero-order valence-corrected chi connectivity index (χ0v) is 46.2. The van der Waals surface area contributed by atoms with Gasteiger partial charge in [0.25, 0.3) is 0 Å². The molecule has 15 nitrogen and oxygen atoms in total. The van der Waals surface area contributed by atoms with Crippen LogP contribution in [0.5, 0.6) is 17.2 Å². The maximum Gasteiger partial charge on any atom is 0.349 e. The lowest BCUT2D eigenvalue weighted by atomic mass is 10.1. The number of benzene rings is 6. The quantitative estimate of drug-likeness (QED) is 0.0737. The number of halogens is 6. The Morgan fingerprint density at radius 1 is 0.397 bits per heavy atom. The molecule has 0 radical (unpaired) electrons. The Morgan fingerprint density at radius 2 is 0.654 bits per heavy atom. The van der Waals surface area contributed by atoms with Gasteiger partial charge in [0.2, 0.25) is 18.3 Å². The van der Waals surface area contributed by atoms with E-state index in [1.54, 1.807) is 141 Å². The smallest absolute Gasteiger partial charge is 0.349 e. The molecule has 0 spiro atoms. The van der Waals surface area contributed by atoms with Crippen molar-refractivity contribution in [2.45, 2.75) is 58.7 Å². The molecule has 0 saturated heterocycles. The summed E-state index contributed by atoms with van der Waals surface area (Å²) in [5.41, 5.74) is 5.17. The van der Waals surface area contributed by atoms with Gasteiger partial charge in [-0.1, -0.05) is 106 Å². The molecule has 0 amide bonds. The van der Waals surface area contributed by atoms with Crippen LogP contribution in [0.25, 0.3) is 33.8 Å². The predicted molar refractivity (Wildman–Crippen MR) is 302 cm³/mol. The normalized spacial score (nSPS) is 12.0. The molecular formula is C57H48Cl6N6O9. The highest BCUT2D eigenvalue weighted by atomic mass is 35.5. The van der Waals surface area contributed by atoms with E-state index in [0.29, 0.717) is 97.8 Å². The molecule has 21 heteroatoms. The first-order valence-electron chi connectivity index (χ1n) is 23.9. The lowest BCUT2D eigenvalue weighted by Gasteiger charge is -2.18. The van der Waals surface area contributed by atoms with Gasteiger partial charge in [-0.3, -0.25) is 14.0 Å². The molecule has 3 N–H and O–H groups in total. The summed E-state index contributed by atoms with van der Waals surface area (Å²) in [6.07, 6.45) is 1.90. The highest BCUT2D eigenvalue weighted by Crippen LogP contribution is 2.38. The van der Waals surface area contributed by atoms with Crippen LogP contribution < -0.4 is 14.2 Å². The van der Waals surface area contributed by atoms with Gasteiger partial charge in [0.1, 0.15) is 17.2 Å². The summed E-state index contributed by atoms with van der Waals surface area (Å²) < 4.78 is 22.8. The minimum Gasteiger partial charge on any atom is -0.478 e. The van der Waals surface area contributed by atoms with Crippen molar-refractivity contribution in [1.82, 2.24) is 29.3 Å². The summed E-state index contributed by atoms with van der Waals surface area (Å²) in [5.74, 6) is -2.22. The Bertz CT molecular complexity index is 3180. The lowest BCUT2D eigenvalue weighted by Crippen LogP contribution is -2.18. The number of carboxylic acid groups (broad SMARTS) is 3. The number of carboxylic acids is 3. The standard InChI is InChI=1S/3C19H16Cl2N2O3/c3*1-2-23-9-8-16(22-23)15-11-14(21)6-7-17(15)26-18(19(24)25)12-4-3-5-13(20)10-12/h3*3-11,18H,2H2,1H3,(H,24,25). The molecule has 3 aromatic heterocycles. The average molecular weight is 1170 g/mol. The van der Waals surface area contributed by atoms with Gasteiger partial charge in [0, 0.05) is 102 Å². The molecule has 0 bridgehead atoms. The van der Waals surface area contributed by atoms with Crippen molar-refractivity contribution < 1.29 is 43.9 Å². The highest BCUT2D eigenvalue weighted by molar-refractivity contribution is 6.32. The van der Waals surface area contributed by atoms with E-state index in [4.69, 9.17) is 83.8 Å². The van der Waals surface area contributed by atoms with Crippen molar-refractivity contribution in [3.8, 4) is 51.0 Å². The Hall–Kier alpha value is -7.50. The second-order valence-electron chi connectivity index (χ2n) is 16.8. The van der Waals surface area contributed by atoms with Crippen LogP contribution in [0, 0.1) is 0 Å². The Labute approximate surface area is 478 Å². The molecule has 3 unspecified atom stereocenters. The summed E-state index contributed by atoms with van der Waals surface area (Å²) in [7, 11) is 0. The maximum atomic E-state index is 11.8. The number of hydrogen-bond donors (Lipinski definition) is 3. The van der Waals surface area contributed by atoms with Gasteiger partial charge in [-0.25, -0.2) is 14.4 Å². The summed E-state index contributed by atoms with van der Waals surface area (Å²) in [6.45, 7) is 8.09. The van der Waals surface area contributed by atoms with Crippen LogP contribution in [0.2, 0.25) is 30.1 Å². The minimum atomic E-state index is -1.21. The zero-order valence-electron chi connectivity index (χ0n) is 41.7. The minimum absolute atomic E-state index is 0.378. The molecule has 3 heterocycles. The summed E-state index contributed by atoms with van der Waals surface area (Å²) in [5, 5.41) is 45.1. The molecule has 9 aromatic rings. The van der Waals surface area contributed by atoms with Gasteiger partial charge >= 0.3 is 17.9 Å². The molecule has 0 saturated carbocycles. The first-order valence-corrected chi connectivity index (χ1v) is 26.1. The second-order valence-corrected chi connectivity index (χ2v) is 19.4. The number of nitrogens with zero attached hydrogens (tertiary/aromatic N) is 6. The zero-order chi connectivity index (χ0) is 56.0. The van der Waals surface area contributed by atoms with Gasteiger partial charge in [0.05, 0.1) is 17.1 Å². The van der Waals surface area contributed by atoms with Crippen LogP contribution >= 0.6 is 69.6 Å². The molecule has 0 fully saturated rings. The van der Waals surface area contributed by atoms with Crippen LogP contribution in [-0.4, -0.2) is 62.6 Å². The van der Waals surface area contributed by atoms with E-state index >= 15 is 0 Å². The fourth-order valence-electron chi connectivity index (χ4n) is 7.63. The van der Waals surface area contributed by atoms with Gasteiger partial charge in [-0.05, 0) is 130 Å². The Kier molecular flexibility index (Phi) is 20.3. The largest absolute Gasteiger partial charge is 0.478 e. The first-order chi connectivity index (χ1) is 37.4. The summed E-state index contributed by atoms with van der Waals surface area (Å²) in [6, 6.07) is 40.2. The van der Waals surface area contributed by atoms with Crippen LogP contribution in [-0.2, 0) is 34.0 Å². The van der Waals surface area contributed by atoms with Gasteiger partial charge < -0.3 is 29.5 Å². The maximum absolute atomic E-state index is 11.8. The molecule has 0 aliphatic carbocycles. The van der Waals surface area contributed by atoms with E-state index < -0.39 is 36.2 Å². The number of aryl methyl sites for hydroxylation is 3. The third-order valence-electron chi connectivity index (χ3n) is 11.4. The summed E-state index contributed by atoms with van der Waals surface area (Å²) in [4.78, 5) is 35.3. The molecule has 0 aliphatic rings. The Morgan fingerprint density at radius 3 is 0.872 bits per heavy atom. The van der Waals surface area contributed by atoms with Crippen LogP contribution in [0.15, 0.2) is 164 Å². The number of carbonyl (C=O) groups is 3. The predicted octanol–water partition coefficient (Wildman–Crippen LogP) is 15.2. The molecule has 6 aromatic carbocycles. The Balaban J connectivity index is 0.000000170. The third kappa shape index (κ3) is 15.4. The third-order valence-corrected chi connectivity index (χ3v) is 12.8. The fraction of sp³-hybridized carbons (Fsp3) is 0.158. The molecule has 9 rings (SSSR count). The number of ether oxygens (including phenoxy) is 3. The highest BCUT2D eigenvalue weighted by Gasteiger charge is 2.27. The van der Waals surface area contributed by atoms with E-state index in [-0.39, 0.29) is 0 Å². The SMILES string of the molecule is CCn1ccc(-c2cc(Cl)ccc2OC(C(=O)O)c2cccc(Cl)c2)n1.CCn1ccc(-c2cc(Cl)ccc2OC(C(=O)O)c2cccc(Cl)c2)n1.CCn1ccc(-c2cc(Cl)ccc2OC(C(=O)O)c2cccc(Cl)c2)n1. The van der Waals surface area contributed by atoms with E-state index in [2.05, 4.69) is 15.3 Å². The number of aliphatic carboxylic acids is 3. The van der Waals surface area contributed by atoms with Crippen molar-refractivity contribution in [2.24, 2.45) is 0 Å². The van der Waals surface area contributed by atoms with E-state index in [1.807, 2.05) is 57.6 Å². The topological polar surface area (TPSA) is 193 Å². The van der Waals surface area contributed by atoms with Crippen molar-refractivity contribution >= 4 is 87.5 Å². The average Bonchev–Trinajstić information content (AvgIpc) is 4.24. The van der Waals surface area contributed by atoms with Crippen molar-refractivity contribution in [1.29, 1.82) is 0 Å². The number of hydrogen-bond acceptors (Lipinski definition) is 9. The van der Waals surface area contributed by atoms with Crippen molar-refractivity contribution in [2.75, 3.05) is 0 Å². The van der Waals surface area contributed by atoms with Gasteiger partial charge in [-0.15, -0.1) is 0 Å². The number of aromatic nitrogens is 6. The van der Waals surface area contributed by atoms with Gasteiger partial charge in [0.15, 0.2) is 0 Å². The van der Waals surface area contributed by atoms with Crippen LogP contribution in [0.1, 0.15) is 55.8 Å². The van der Waals surface area contributed by atoms with Crippen molar-refractivity contribution in [3.63, 3.8) is 0 Å². The monoisotopic (exact) mass is 1170 g/mol. The second kappa shape index (κ2) is 27.2. The molecule has 78 heavy (non-hydrogen) atoms. The lowest BCUT2D eigenvalue weighted by molar-refractivity contribution is -0.146. The van der Waals surface area contributed by atoms with E-state index in [1.165, 1.54) is 0 Å². The van der Waals surface area contributed by atoms with Gasteiger partial charge in [-0.2, -0.15) is 15.3 Å². The van der Waals surface area contributed by atoms with E-state index in [0.717, 1.165) is 19.6 Å². The molecule has 402 valence electrons. The van der Waals surface area contributed by atoms with Crippen LogP contribution in [0.4, 0.5) is 0 Å². The molecular weight excluding hydrogens is 1130 g/mol.